The van der Waals surface area contributed by atoms with Gasteiger partial charge in [0, 0.05) is 25.7 Å². The fourth-order valence-corrected chi connectivity index (χ4v) is 2.71. The van der Waals surface area contributed by atoms with Gasteiger partial charge in [0.2, 0.25) is 5.91 Å². The van der Waals surface area contributed by atoms with E-state index in [2.05, 4.69) is 4.98 Å². The summed E-state index contributed by atoms with van der Waals surface area (Å²) in [6, 6.07) is 4.72. The first-order valence-corrected chi connectivity index (χ1v) is 7.41. The Morgan fingerprint density at radius 3 is 3.17 bits per heavy atom. The number of ether oxygens (including phenoxy) is 1. The van der Waals surface area contributed by atoms with E-state index in [1.165, 1.54) is 12.1 Å². The summed E-state index contributed by atoms with van der Waals surface area (Å²) in [5.74, 6) is -0.716. The van der Waals surface area contributed by atoms with Crippen LogP contribution in [0.4, 0.5) is 10.4 Å². The molecule has 1 saturated heterocycles. The molecule has 0 aliphatic carbocycles. The molecule has 0 unspecified atom stereocenters. The Kier molecular flexibility index (Phi) is 4.44. The van der Waals surface area contributed by atoms with Gasteiger partial charge in [-0.3, -0.25) is 9.69 Å². The van der Waals surface area contributed by atoms with Gasteiger partial charge < -0.3 is 19.8 Å². The number of anilines is 1. The molecule has 1 aliphatic rings. The van der Waals surface area contributed by atoms with Gasteiger partial charge >= 0.3 is 0 Å². The maximum absolute atomic E-state index is 13.2. The Bertz CT molecular complexity index is 705. The molecule has 0 radical (unpaired) electrons. The van der Waals surface area contributed by atoms with Crippen LogP contribution < -0.4 is 10.6 Å². The summed E-state index contributed by atoms with van der Waals surface area (Å²) in [5.41, 5.74) is 6.23. The molecule has 2 N–H and O–H groups in total. The third kappa shape index (κ3) is 3.77. The second kappa shape index (κ2) is 6.51. The van der Waals surface area contributed by atoms with E-state index in [4.69, 9.17) is 14.9 Å². The van der Waals surface area contributed by atoms with Crippen LogP contribution in [0.3, 0.4) is 0 Å². The van der Waals surface area contributed by atoms with E-state index in [9.17, 15) is 9.18 Å². The first-order chi connectivity index (χ1) is 11.0. The summed E-state index contributed by atoms with van der Waals surface area (Å²) >= 11 is 0. The monoisotopic (exact) mass is 322 g/mol. The highest BCUT2D eigenvalue weighted by Crippen LogP contribution is 2.24. The lowest BCUT2D eigenvalue weighted by molar-refractivity contribution is -0.119. The summed E-state index contributed by atoms with van der Waals surface area (Å²) in [5, 5.41) is 0. The van der Waals surface area contributed by atoms with Crippen LogP contribution in [-0.4, -0.2) is 61.7 Å². The molecule has 3 rings (SSSR count). The Balaban J connectivity index is 1.68. The Morgan fingerprint density at radius 2 is 2.39 bits per heavy atom. The van der Waals surface area contributed by atoms with Gasteiger partial charge in [0.05, 0.1) is 19.3 Å². The number of benzene rings is 1. The lowest BCUT2D eigenvalue weighted by Gasteiger charge is -2.33. The molecule has 7 nitrogen and oxygen atoms in total. The molecule has 2 aromatic rings. The van der Waals surface area contributed by atoms with Crippen molar-refractivity contribution in [1.82, 2.24) is 9.88 Å². The van der Waals surface area contributed by atoms with Crippen LogP contribution in [0.15, 0.2) is 22.6 Å². The highest BCUT2D eigenvalue weighted by atomic mass is 19.1. The fraction of sp³-hybridized carbons (Fsp3) is 0.467. The maximum atomic E-state index is 13.2. The minimum Gasteiger partial charge on any atom is -0.423 e. The van der Waals surface area contributed by atoms with E-state index in [0.717, 1.165) is 0 Å². The number of hydrogen-bond acceptors (Lipinski definition) is 6. The predicted molar refractivity (Wildman–Crippen MR) is 82.6 cm³/mol. The van der Waals surface area contributed by atoms with Crippen molar-refractivity contribution in [3.8, 4) is 0 Å². The molecule has 0 bridgehead atoms. The predicted octanol–water partition coefficient (Wildman–Crippen LogP) is 0.589. The molecule has 1 fully saturated rings. The number of halogens is 1. The van der Waals surface area contributed by atoms with Gasteiger partial charge in [-0.2, -0.15) is 4.98 Å². The van der Waals surface area contributed by atoms with Crippen LogP contribution in [-0.2, 0) is 9.53 Å². The molecule has 8 heteroatoms. The number of aromatic nitrogens is 1. The zero-order valence-electron chi connectivity index (χ0n) is 12.9. The normalized spacial score (nSPS) is 18.7. The standard InChI is InChI=1S/C15H19FN4O3/c1-19(9-14(17)21)7-11-8-20(4-5-22-11)15-18-12-6-10(16)2-3-13(12)23-15/h2-3,6,11H,4-5,7-9H2,1H3,(H2,17,21)/t11-/m1/s1. The molecule has 1 aliphatic heterocycles. The zero-order valence-corrected chi connectivity index (χ0v) is 12.9. The average molecular weight is 322 g/mol. The van der Waals surface area contributed by atoms with Crippen LogP contribution in [0, 0.1) is 5.82 Å². The van der Waals surface area contributed by atoms with Gasteiger partial charge in [-0.15, -0.1) is 0 Å². The quantitative estimate of drug-likeness (QED) is 0.867. The number of amides is 1. The summed E-state index contributed by atoms with van der Waals surface area (Å²) in [7, 11) is 1.81. The van der Waals surface area contributed by atoms with E-state index in [0.29, 0.717) is 43.4 Å². The summed E-state index contributed by atoms with van der Waals surface area (Å²) in [6.45, 7) is 2.52. The minimum absolute atomic E-state index is 0.0835. The Labute approximate surface area is 132 Å². The molecule has 124 valence electrons. The van der Waals surface area contributed by atoms with Gasteiger partial charge in [0.1, 0.15) is 11.3 Å². The number of hydrogen-bond donors (Lipinski definition) is 1. The largest absolute Gasteiger partial charge is 0.423 e. The third-order valence-corrected chi connectivity index (χ3v) is 3.69. The smallest absolute Gasteiger partial charge is 0.298 e. The molecule has 0 saturated carbocycles. The van der Waals surface area contributed by atoms with Crippen LogP contribution in [0.5, 0.6) is 0 Å². The first-order valence-electron chi connectivity index (χ1n) is 7.41. The molecular weight excluding hydrogens is 303 g/mol. The van der Waals surface area contributed by atoms with Crippen molar-refractivity contribution in [1.29, 1.82) is 0 Å². The lowest BCUT2D eigenvalue weighted by atomic mass is 10.2. The Hall–Kier alpha value is -2.19. The number of nitrogens with two attached hydrogens (primary N) is 1. The number of likely N-dealkylation sites (N-methyl/N-ethyl adjacent to an activating group) is 1. The highest BCUT2D eigenvalue weighted by molar-refractivity contribution is 5.76. The van der Waals surface area contributed by atoms with Crippen molar-refractivity contribution in [2.75, 3.05) is 44.7 Å². The molecule has 2 heterocycles. The molecule has 0 spiro atoms. The first kappa shape index (κ1) is 15.7. The number of primary amides is 1. The fourth-order valence-electron chi connectivity index (χ4n) is 2.71. The number of carbonyl (C=O) groups excluding carboxylic acids is 1. The van der Waals surface area contributed by atoms with Crippen molar-refractivity contribution in [3.63, 3.8) is 0 Å². The zero-order chi connectivity index (χ0) is 16.4. The summed E-state index contributed by atoms with van der Waals surface area (Å²) in [6.07, 6.45) is -0.0835. The molecule has 1 aromatic carbocycles. The van der Waals surface area contributed by atoms with Crippen molar-refractivity contribution < 1.29 is 18.3 Å². The SMILES string of the molecule is CN(CC(N)=O)C[C@@H]1CN(c2nc3cc(F)ccc3o2)CCO1. The van der Waals surface area contributed by atoms with E-state index in [1.54, 1.807) is 6.07 Å². The van der Waals surface area contributed by atoms with Crippen molar-refractivity contribution in [3.05, 3.63) is 24.0 Å². The third-order valence-electron chi connectivity index (χ3n) is 3.69. The van der Waals surface area contributed by atoms with Crippen molar-refractivity contribution in [2.45, 2.75) is 6.10 Å². The molecular formula is C15H19FN4O3. The highest BCUT2D eigenvalue weighted by Gasteiger charge is 2.25. The Morgan fingerprint density at radius 1 is 1.57 bits per heavy atom. The van der Waals surface area contributed by atoms with Crippen LogP contribution in [0.25, 0.3) is 11.1 Å². The average Bonchev–Trinajstić information content (AvgIpc) is 2.89. The summed E-state index contributed by atoms with van der Waals surface area (Å²) in [4.78, 5) is 19.1. The molecule has 1 aromatic heterocycles. The van der Waals surface area contributed by atoms with E-state index in [-0.39, 0.29) is 24.4 Å². The molecule has 1 atom stereocenters. The van der Waals surface area contributed by atoms with E-state index < -0.39 is 0 Å². The number of rotatable bonds is 5. The number of fused-ring (bicyclic) bond motifs is 1. The van der Waals surface area contributed by atoms with Crippen LogP contribution in [0.1, 0.15) is 0 Å². The van der Waals surface area contributed by atoms with Crippen LogP contribution in [0.2, 0.25) is 0 Å². The number of morpholine rings is 1. The van der Waals surface area contributed by atoms with Gasteiger partial charge in [-0.05, 0) is 19.2 Å². The van der Waals surface area contributed by atoms with Crippen LogP contribution >= 0.6 is 0 Å². The molecule has 1 amide bonds. The maximum Gasteiger partial charge on any atom is 0.298 e. The van der Waals surface area contributed by atoms with Crippen molar-refractivity contribution >= 4 is 23.0 Å². The van der Waals surface area contributed by atoms with Gasteiger partial charge in [-0.25, -0.2) is 4.39 Å². The van der Waals surface area contributed by atoms with E-state index in [1.807, 2.05) is 16.8 Å². The number of oxazole rings is 1. The lowest BCUT2D eigenvalue weighted by Crippen LogP contribution is -2.48. The van der Waals surface area contributed by atoms with Gasteiger partial charge in [0.25, 0.3) is 6.01 Å². The number of nitrogens with zero attached hydrogens (tertiary/aromatic N) is 3. The summed E-state index contributed by atoms with van der Waals surface area (Å²) < 4.78 is 24.6. The second-order valence-electron chi connectivity index (χ2n) is 5.71. The second-order valence-corrected chi connectivity index (χ2v) is 5.71. The molecule has 23 heavy (non-hydrogen) atoms. The topological polar surface area (TPSA) is 84.8 Å². The minimum atomic E-state index is -0.374. The van der Waals surface area contributed by atoms with E-state index >= 15 is 0 Å². The van der Waals surface area contributed by atoms with Gasteiger partial charge in [-0.1, -0.05) is 0 Å². The number of carbonyl (C=O) groups is 1. The van der Waals surface area contributed by atoms with Gasteiger partial charge in [0.15, 0.2) is 5.58 Å². The van der Waals surface area contributed by atoms with Crippen molar-refractivity contribution in [2.24, 2.45) is 5.73 Å².